The first-order valence-electron chi connectivity index (χ1n) is 5.83. The summed E-state index contributed by atoms with van der Waals surface area (Å²) in [6.45, 7) is 0.452. The number of nitrogens with zero attached hydrogens (tertiary/aromatic N) is 1. The molecule has 0 amide bonds. The smallest absolute Gasteiger partial charge is 0.181 e. The average molecular weight is 254 g/mol. The molecule has 0 spiro atoms. The summed E-state index contributed by atoms with van der Waals surface area (Å²) in [5, 5.41) is 11.2. The van der Waals surface area contributed by atoms with Crippen LogP contribution in [-0.4, -0.2) is 7.11 Å². The zero-order valence-electron chi connectivity index (χ0n) is 10.6. The third kappa shape index (κ3) is 3.39. The van der Waals surface area contributed by atoms with Crippen LogP contribution in [-0.2, 0) is 6.61 Å². The third-order valence-corrected chi connectivity index (χ3v) is 2.60. The van der Waals surface area contributed by atoms with E-state index in [1.807, 2.05) is 36.5 Å². The molecule has 2 aromatic carbocycles. The number of methoxy groups -OCH3 is 1. The van der Waals surface area contributed by atoms with Gasteiger partial charge in [-0.15, -0.1) is 0 Å². The monoisotopic (exact) mass is 254 g/mol. The van der Waals surface area contributed by atoms with Crippen molar-refractivity contribution in [1.82, 2.24) is 0 Å². The van der Waals surface area contributed by atoms with Gasteiger partial charge in [-0.2, -0.15) is 5.26 Å². The summed E-state index contributed by atoms with van der Waals surface area (Å²) < 4.78 is 11.0. The van der Waals surface area contributed by atoms with Crippen LogP contribution in [0.2, 0.25) is 0 Å². The Morgan fingerprint density at radius 2 is 1.89 bits per heavy atom. The molecule has 1 N–H and O–H groups in total. The Labute approximate surface area is 112 Å². The molecule has 4 nitrogen and oxygen atoms in total. The number of ether oxygens (including phenoxy) is 2. The Hall–Kier alpha value is -2.67. The lowest BCUT2D eigenvalue weighted by molar-refractivity contribution is 0.284. The molecule has 0 radical (unpaired) electrons. The summed E-state index contributed by atoms with van der Waals surface area (Å²) in [6.07, 6.45) is 1.88. The van der Waals surface area contributed by atoms with Gasteiger partial charge in [-0.25, -0.2) is 0 Å². The second-order valence-corrected chi connectivity index (χ2v) is 3.88. The molecule has 4 heteroatoms. The summed E-state index contributed by atoms with van der Waals surface area (Å²) in [5.41, 5.74) is 1.74. The van der Waals surface area contributed by atoms with E-state index in [0.29, 0.717) is 23.8 Å². The van der Waals surface area contributed by atoms with Crippen LogP contribution < -0.4 is 14.8 Å². The highest BCUT2D eigenvalue weighted by Crippen LogP contribution is 2.30. The van der Waals surface area contributed by atoms with Crippen molar-refractivity contribution in [2.24, 2.45) is 0 Å². The van der Waals surface area contributed by atoms with Crippen LogP contribution in [0.1, 0.15) is 5.56 Å². The lowest BCUT2D eigenvalue weighted by atomic mass is 10.2. The fraction of sp³-hybridized carbons (Fsp3) is 0.133. The summed E-state index contributed by atoms with van der Waals surface area (Å²) in [5.74, 6) is 1.24. The summed E-state index contributed by atoms with van der Waals surface area (Å²) >= 11 is 0. The number of hydrogen-bond donors (Lipinski definition) is 1. The quantitative estimate of drug-likeness (QED) is 0.657. The molecule has 0 heterocycles. The lowest BCUT2D eigenvalue weighted by Gasteiger charge is -2.11. The highest BCUT2D eigenvalue weighted by atomic mass is 16.5. The maximum Gasteiger partial charge on any atom is 0.181 e. The van der Waals surface area contributed by atoms with E-state index < -0.39 is 0 Å². The predicted octanol–water partition coefficient (Wildman–Crippen LogP) is 3.17. The Kier molecular flexibility index (Phi) is 4.25. The maximum absolute atomic E-state index is 8.61. The molecular formula is C15H14N2O2. The van der Waals surface area contributed by atoms with Gasteiger partial charge in [0.2, 0.25) is 0 Å². The molecule has 0 aliphatic heterocycles. The second-order valence-electron chi connectivity index (χ2n) is 3.88. The molecule has 0 saturated carbocycles. The normalized spacial score (nSPS) is 9.47. The van der Waals surface area contributed by atoms with Crippen molar-refractivity contribution in [3.05, 3.63) is 54.1 Å². The third-order valence-electron chi connectivity index (χ3n) is 2.60. The molecular weight excluding hydrogens is 240 g/mol. The van der Waals surface area contributed by atoms with Gasteiger partial charge in [-0.05, 0) is 17.7 Å². The Morgan fingerprint density at radius 1 is 1.11 bits per heavy atom. The van der Waals surface area contributed by atoms with Crippen molar-refractivity contribution in [3.8, 4) is 17.7 Å². The first-order chi connectivity index (χ1) is 9.33. The number of nitrogens with one attached hydrogen (secondary N) is 1. The van der Waals surface area contributed by atoms with Crippen molar-refractivity contribution in [2.45, 2.75) is 6.61 Å². The van der Waals surface area contributed by atoms with E-state index in [1.54, 1.807) is 25.3 Å². The molecule has 0 unspecified atom stereocenters. The number of hydrogen-bond acceptors (Lipinski definition) is 4. The van der Waals surface area contributed by atoms with E-state index >= 15 is 0 Å². The largest absolute Gasteiger partial charge is 0.493 e. The fourth-order valence-electron chi connectivity index (χ4n) is 1.67. The molecule has 19 heavy (non-hydrogen) atoms. The minimum absolute atomic E-state index is 0.452. The first-order valence-corrected chi connectivity index (χ1v) is 5.83. The number of benzene rings is 2. The van der Waals surface area contributed by atoms with E-state index in [2.05, 4.69) is 5.32 Å². The van der Waals surface area contributed by atoms with Crippen LogP contribution in [0.5, 0.6) is 11.5 Å². The molecule has 0 bridgehead atoms. The highest BCUT2D eigenvalue weighted by Gasteiger charge is 2.06. The van der Waals surface area contributed by atoms with E-state index in [0.717, 1.165) is 5.56 Å². The van der Waals surface area contributed by atoms with Crippen molar-refractivity contribution in [2.75, 3.05) is 12.4 Å². The van der Waals surface area contributed by atoms with Crippen LogP contribution in [0.4, 0.5) is 5.69 Å². The number of anilines is 1. The Balaban J connectivity index is 2.14. The standard InChI is InChI=1S/C15H14N2O2/c1-18-14-8-7-13(17-11-16)9-15(14)19-10-12-5-3-2-4-6-12/h2-9,17H,10H2,1H3. The van der Waals surface area contributed by atoms with Crippen molar-refractivity contribution in [1.29, 1.82) is 5.26 Å². The van der Waals surface area contributed by atoms with Crippen LogP contribution in [0, 0.1) is 11.5 Å². The Bertz CT molecular complexity index is 576. The summed E-state index contributed by atoms with van der Waals surface area (Å²) in [4.78, 5) is 0. The molecule has 0 aliphatic rings. The minimum Gasteiger partial charge on any atom is -0.493 e. The zero-order valence-corrected chi connectivity index (χ0v) is 10.6. The molecule has 0 fully saturated rings. The topological polar surface area (TPSA) is 54.3 Å². The fourth-order valence-corrected chi connectivity index (χ4v) is 1.67. The van der Waals surface area contributed by atoms with E-state index in [9.17, 15) is 0 Å². The highest BCUT2D eigenvalue weighted by molar-refractivity contribution is 5.56. The van der Waals surface area contributed by atoms with Crippen LogP contribution in [0.25, 0.3) is 0 Å². The lowest BCUT2D eigenvalue weighted by Crippen LogP contribution is -1.98. The zero-order chi connectivity index (χ0) is 13.5. The van der Waals surface area contributed by atoms with Gasteiger partial charge in [0.15, 0.2) is 17.7 Å². The first kappa shape index (κ1) is 12.8. The van der Waals surface area contributed by atoms with Gasteiger partial charge >= 0.3 is 0 Å². The van der Waals surface area contributed by atoms with Gasteiger partial charge in [-0.1, -0.05) is 30.3 Å². The van der Waals surface area contributed by atoms with Crippen LogP contribution >= 0.6 is 0 Å². The number of nitriles is 1. The minimum atomic E-state index is 0.452. The molecule has 2 rings (SSSR count). The molecule has 96 valence electrons. The van der Waals surface area contributed by atoms with Crippen LogP contribution in [0.15, 0.2) is 48.5 Å². The van der Waals surface area contributed by atoms with Crippen LogP contribution in [0.3, 0.4) is 0 Å². The maximum atomic E-state index is 8.61. The van der Waals surface area contributed by atoms with E-state index in [4.69, 9.17) is 14.7 Å². The van der Waals surface area contributed by atoms with Gasteiger partial charge in [0.05, 0.1) is 12.8 Å². The summed E-state index contributed by atoms with van der Waals surface area (Å²) in [6, 6.07) is 15.1. The summed E-state index contributed by atoms with van der Waals surface area (Å²) in [7, 11) is 1.59. The van der Waals surface area contributed by atoms with Crippen molar-refractivity contribution < 1.29 is 9.47 Å². The second kappa shape index (κ2) is 6.31. The van der Waals surface area contributed by atoms with Gasteiger partial charge in [0.1, 0.15) is 6.61 Å². The predicted molar refractivity (Wildman–Crippen MR) is 73.0 cm³/mol. The Morgan fingerprint density at radius 3 is 2.58 bits per heavy atom. The van der Waals surface area contributed by atoms with E-state index in [-0.39, 0.29) is 0 Å². The average Bonchev–Trinajstić information content (AvgIpc) is 2.47. The van der Waals surface area contributed by atoms with Gasteiger partial charge in [0, 0.05) is 6.07 Å². The molecule has 0 aliphatic carbocycles. The molecule has 0 atom stereocenters. The van der Waals surface area contributed by atoms with E-state index in [1.165, 1.54) is 0 Å². The van der Waals surface area contributed by atoms with Gasteiger partial charge in [-0.3, -0.25) is 5.32 Å². The van der Waals surface area contributed by atoms with Crippen molar-refractivity contribution >= 4 is 5.69 Å². The molecule has 0 aromatic heterocycles. The van der Waals surface area contributed by atoms with Crippen molar-refractivity contribution in [3.63, 3.8) is 0 Å². The van der Waals surface area contributed by atoms with Gasteiger partial charge < -0.3 is 9.47 Å². The van der Waals surface area contributed by atoms with Gasteiger partial charge in [0.25, 0.3) is 0 Å². The molecule has 0 saturated heterocycles. The number of rotatable bonds is 5. The SMILES string of the molecule is COc1ccc(NC#N)cc1OCc1ccccc1. The molecule has 2 aromatic rings.